The fourth-order valence-corrected chi connectivity index (χ4v) is 7.89. The fourth-order valence-electron chi connectivity index (χ4n) is 5.43. The van der Waals surface area contributed by atoms with Crippen LogP contribution >= 0.6 is 7.92 Å². The van der Waals surface area contributed by atoms with Crippen molar-refractivity contribution in [2.45, 2.75) is 207 Å². The molecule has 0 radical (unpaired) electrons. The lowest BCUT2D eigenvalue weighted by Gasteiger charge is -2.09. The largest absolute Gasteiger partial charge is 0.550 e. The molecule has 3 heteroatoms. The van der Waals surface area contributed by atoms with Crippen LogP contribution in [0.15, 0.2) is 0 Å². The maximum absolute atomic E-state index is 10.0. The van der Waals surface area contributed by atoms with E-state index in [-0.39, 0.29) is 14.3 Å². The minimum absolute atomic E-state index is 0.00168. The highest BCUT2D eigenvalue weighted by atomic mass is 31.1. The van der Waals surface area contributed by atoms with Crippen LogP contribution in [0, 0.1) is 0 Å². The summed E-state index contributed by atoms with van der Waals surface area (Å²) in [6, 6.07) is 0. The van der Waals surface area contributed by atoms with Crippen molar-refractivity contribution >= 4 is 13.9 Å². The van der Waals surface area contributed by atoms with Gasteiger partial charge in [-0.05, 0) is 45.4 Å². The van der Waals surface area contributed by atoms with Crippen molar-refractivity contribution in [1.82, 2.24) is 0 Å². The Balaban J connectivity index is 0. The van der Waals surface area contributed by atoms with Gasteiger partial charge in [0.1, 0.15) is 0 Å². The SMILES string of the molecule is CCCCCCCCCC(=O)[O-].CCCCCCCCCCCC[PH+](CC)CCCCCCCCCCCC. The summed E-state index contributed by atoms with van der Waals surface area (Å²) in [4.78, 5) is 10.0. The Bertz CT molecular complexity index is 416. The lowest BCUT2D eigenvalue weighted by molar-refractivity contribution is -0.305. The Morgan fingerprint density at radius 2 is 0.667 bits per heavy atom. The van der Waals surface area contributed by atoms with E-state index in [4.69, 9.17) is 0 Å². The Morgan fingerprint density at radius 1 is 0.410 bits per heavy atom. The van der Waals surface area contributed by atoms with Gasteiger partial charge in [-0.15, -0.1) is 0 Å². The zero-order valence-corrected chi connectivity index (χ0v) is 28.7. The van der Waals surface area contributed by atoms with Crippen molar-refractivity contribution in [3.8, 4) is 0 Å². The monoisotopic (exact) mass is 571 g/mol. The average molecular weight is 571 g/mol. The number of hydrogen-bond acceptors (Lipinski definition) is 2. The summed E-state index contributed by atoms with van der Waals surface area (Å²) in [5.41, 5.74) is 0. The third kappa shape index (κ3) is 40.1. The van der Waals surface area contributed by atoms with Crippen LogP contribution in [0.3, 0.4) is 0 Å². The first-order valence-electron chi connectivity index (χ1n) is 18.2. The highest BCUT2D eigenvalue weighted by Crippen LogP contribution is 2.37. The van der Waals surface area contributed by atoms with Crippen LogP contribution in [-0.4, -0.2) is 24.5 Å². The van der Waals surface area contributed by atoms with Gasteiger partial charge in [0.15, 0.2) is 0 Å². The van der Waals surface area contributed by atoms with Gasteiger partial charge in [0.05, 0.1) is 18.5 Å². The molecule has 0 atom stereocenters. The van der Waals surface area contributed by atoms with Crippen LogP contribution in [0.5, 0.6) is 0 Å². The summed E-state index contributed by atoms with van der Waals surface area (Å²) in [5, 5.41) is 10.0. The number of rotatable bonds is 31. The summed E-state index contributed by atoms with van der Waals surface area (Å²) < 4.78 is 0. The second-order valence-corrected chi connectivity index (χ2v) is 15.4. The quantitative estimate of drug-likeness (QED) is 0.0614. The molecule has 0 aliphatic rings. The summed E-state index contributed by atoms with van der Waals surface area (Å²) in [7, 11) is 0.00168. The molecular formula is C36H75O2P. The predicted molar refractivity (Wildman–Crippen MR) is 180 cm³/mol. The smallest absolute Gasteiger partial charge is 0.0571 e. The van der Waals surface area contributed by atoms with E-state index in [2.05, 4.69) is 27.7 Å². The summed E-state index contributed by atoms with van der Waals surface area (Å²) in [6.45, 7) is 9.27. The number of hydrogen-bond donors (Lipinski definition) is 0. The van der Waals surface area contributed by atoms with E-state index in [0.717, 1.165) is 12.8 Å². The molecule has 39 heavy (non-hydrogen) atoms. The van der Waals surface area contributed by atoms with Gasteiger partial charge in [0.2, 0.25) is 0 Å². The topological polar surface area (TPSA) is 40.1 Å². The molecule has 0 bridgehead atoms. The third-order valence-corrected chi connectivity index (χ3v) is 11.4. The zero-order valence-electron chi connectivity index (χ0n) is 27.7. The molecule has 0 aromatic heterocycles. The Kier molecular flexibility index (Phi) is 39.9. The number of carbonyl (C=O) groups is 1. The van der Waals surface area contributed by atoms with Crippen LogP contribution < -0.4 is 5.11 Å². The first-order chi connectivity index (χ1) is 19.1. The van der Waals surface area contributed by atoms with Crippen molar-refractivity contribution in [3.05, 3.63) is 0 Å². The minimum Gasteiger partial charge on any atom is -0.550 e. The maximum Gasteiger partial charge on any atom is 0.0571 e. The summed E-state index contributed by atoms with van der Waals surface area (Å²) in [5.74, 6) is -0.913. The highest BCUT2D eigenvalue weighted by molar-refractivity contribution is 7.57. The molecule has 0 amide bonds. The number of unbranched alkanes of at least 4 members (excludes halogenated alkanes) is 24. The van der Waals surface area contributed by atoms with Crippen LogP contribution in [0.2, 0.25) is 0 Å². The first kappa shape index (κ1) is 41.0. The second-order valence-electron chi connectivity index (χ2n) is 12.2. The van der Waals surface area contributed by atoms with E-state index in [1.807, 2.05) is 0 Å². The molecule has 0 saturated carbocycles. The van der Waals surface area contributed by atoms with Crippen LogP contribution in [0.1, 0.15) is 207 Å². The highest BCUT2D eigenvalue weighted by Gasteiger charge is 2.12. The van der Waals surface area contributed by atoms with E-state index < -0.39 is 5.97 Å². The molecule has 0 aromatic carbocycles. The lowest BCUT2D eigenvalue weighted by atomic mass is 10.1. The van der Waals surface area contributed by atoms with E-state index in [9.17, 15) is 9.90 Å². The molecule has 0 unspecified atom stereocenters. The van der Waals surface area contributed by atoms with E-state index in [1.54, 1.807) is 12.3 Å². The zero-order chi connectivity index (χ0) is 29.1. The second kappa shape index (κ2) is 37.9. The van der Waals surface area contributed by atoms with Gasteiger partial charge in [0.25, 0.3) is 0 Å². The first-order valence-corrected chi connectivity index (χ1v) is 20.3. The Hall–Kier alpha value is -0.100. The number of aliphatic carboxylic acids is 1. The molecule has 0 heterocycles. The fraction of sp³-hybridized carbons (Fsp3) is 0.972. The van der Waals surface area contributed by atoms with Gasteiger partial charge in [-0.3, -0.25) is 0 Å². The van der Waals surface area contributed by atoms with Crippen molar-refractivity contribution in [1.29, 1.82) is 0 Å². The van der Waals surface area contributed by atoms with Crippen molar-refractivity contribution < 1.29 is 9.90 Å². The maximum atomic E-state index is 10.0. The molecule has 236 valence electrons. The van der Waals surface area contributed by atoms with Gasteiger partial charge >= 0.3 is 0 Å². The molecule has 0 N–H and O–H groups in total. The molecular weight excluding hydrogens is 495 g/mol. The number of carboxylic acids is 1. The van der Waals surface area contributed by atoms with Gasteiger partial charge in [0, 0.05) is 13.9 Å². The molecule has 0 aliphatic carbocycles. The van der Waals surface area contributed by atoms with Crippen LogP contribution in [-0.2, 0) is 4.79 Å². The molecule has 0 aromatic rings. The van der Waals surface area contributed by atoms with Crippen molar-refractivity contribution in [3.63, 3.8) is 0 Å². The van der Waals surface area contributed by atoms with Gasteiger partial charge in [-0.1, -0.05) is 162 Å². The minimum atomic E-state index is -0.913. The molecule has 0 rings (SSSR count). The molecule has 0 fully saturated rings. The Labute approximate surface area is 249 Å². The van der Waals surface area contributed by atoms with Crippen molar-refractivity contribution in [2.75, 3.05) is 18.5 Å². The van der Waals surface area contributed by atoms with Gasteiger partial charge in [-0.2, -0.15) is 0 Å². The standard InChI is InChI=1S/C26H55P.C10H20O2/c1-4-7-9-11-13-15-17-19-21-23-25-27(6-3)26-24-22-20-18-16-14-12-10-8-5-2;1-2-3-4-5-6-7-8-9-10(11)12/h4-26H2,1-3H3;2-9H2,1H3,(H,11,12). The third-order valence-electron chi connectivity index (χ3n) is 8.25. The predicted octanol–water partition coefficient (Wildman–Crippen LogP) is 11.9. The molecule has 2 nitrogen and oxygen atoms in total. The van der Waals surface area contributed by atoms with E-state index in [1.165, 1.54) is 167 Å². The normalized spacial score (nSPS) is 11.1. The molecule has 0 spiro atoms. The van der Waals surface area contributed by atoms with Crippen LogP contribution in [0.4, 0.5) is 0 Å². The van der Waals surface area contributed by atoms with Crippen LogP contribution in [0.25, 0.3) is 0 Å². The van der Waals surface area contributed by atoms with Gasteiger partial charge < -0.3 is 9.90 Å². The summed E-state index contributed by atoms with van der Waals surface area (Å²) >= 11 is 0. The van der Waals surface area contributed by atoms with E-state index >= 15 is 0 Å². The van der Waals surface area contributed by atoms with E-state index in [0.29, 0.717) is 0 Å². The molecule has 0 saturated heterocycles. The van der Waals surface area contributed by atoms with Gasteiger partial charge in [-0.25, -0.2) is 0 Å². The molecule has 0 aliphatic heterocycles. The summed E-state index contributed by atoms with van der Waals surface area (Å²) in [6.07, 6.45) is 42.7. The number of carboxylic acid groups (broad SMARTS) is 1. The average Bonchev–Trinajstić information content (AvgIpc) is 2.93. The number of carbonyl (C=O) groups excluding carboxylic acids is 1. The Morgan fingerprint density at radius 3 is 0.923 bits per heavy atom. The van der Waals surface area contributed by atoms with Crippen molar-refractivity contribution in [2.24, 2.45) is 0 Å². The lowest BCUT2D eigenvalue weighted by Crippen LogP contribution is -2.21.